The maximum Gasteiger partial charge on any atom is 0.0892 e. The summed E-state index contributed by atoms with van der Waals surface area (Å²) in [6.45, 7) is 2.01. The molecule has 0 spiro atoms. The van der Waals surface area contributed by atoms with Crippen molar-refractivity contribution in [3.8, 4) is 0 Å². The van der Waals surface area contributed by atoms with E-state index < -0.39 is 0 Å². The van der Waals surface area contributed by atoms with Gasteiger partial charge in [0.2, 0.25) is 0 Å². The third-order valence-corrected chi connectivity index (χ3v) is 3.74. The maximum absolute atomic E-state index is 5.85. The second-order valence-corrected chi connectivity index (χ2v) is 5.87. The van der Waals surface area contributed by atoms with Crippen LogP contribution in [0.4, 0.5) is 0 Å². The Balaban J connectivity index is 1.43. The second-order valence-electron chi connectivity index (χ2n) is 5.43. The fourth-order valence-corrected chi connectivity index (χ4v) is 2.17. The number of benzene rings is 1. The molecule has 3 rings (SSSR count). The van der Waals surface area contributed by atoms with Crippen molar-refractivity contribution in [2.24, 2.45) is 0 Å². The van der Waals surface area contributed by atoms with Gasteiger partial charge in [-0.15, -0.1) is 0 Å². The average molecular weight is 303 g/mol. The lowest BCUT2D eigenvalue weighted by Gasteiger charge is -2.06. The summed E-state index contributed by atoms with van der Waals surface area (Å²) in [6, 6.07) is 12.6. The van der Waals surface area contributed by atoms with Gasteiger partial charge < -0.3 is 10.1 Å². The van der Waals surface area contributed by atoms with Gasteiger partial charge in [0.05, 0.1) is 18.9 Å². The molecular weight excluding hydrogens is 284 g/mol. The van der Waals surface area contributed by atoms with Crippen LogP contribution >= 0.6 is 11.6 Å². The predicted molar refractivity (Wildman–Crippen MR) is 84.0 cm³/mol. The van der Waals surface area contributed by atoms with E-state index in [1.165, 1.54) is 18.4 Å². The number of ether oxygens (including phenoxy) is 1. The van der Waals surface area contributed by atoms with E-state index in [-0.39, 0.29) is 0 Å². The van der Waals surface area contributed by atoms with E-state index in [0.717, 1.165) is 28.9 Å². The van der Waals surface area contributed by atoms with E-state index >= 15 is 0 Å². The summed E-state index contributed by atoms with van der Waals surface area (Å²) in [5.41, 5.74) is 3.30. The molecule has 0 aliphatic heterocycles. The summed E-state index contributed by atoms with van der Waals surface area (Å²) >= 11 is 5.85. The lowest BCUT2D eigenvalue weighted by Crippen LogP contribution is -2.15. The zero-order valence-corrected chi connectivity index (χ0v) is 12.6. The predicted octanol–water partition coefficient (Wildman–Crippen LogP) is 3.70. The first-order chi connectivity index (χ1) is 10.3. The van der Waals surface area contributed by atoms with Crippen molar-refractivity contribution in [3.63, 3.8) is 0 Å². The van der Waals surface area contributed by atoms with Crippen LogP contribution in [0.2, 0.25) is 5.02 Å². The number of hydrogen-bond acceptors (Lipinski definition) is 3. The fourth-order valence-electron chi connectivity index (χ4n) is 2.05. The van der Waals surface area contributed by atoms with Gasteiger partial charge in [0.1, 0.15) is 0 Å². The Morgan fingerprint density at radius 3 is 2.48 bits per heavy atom. The Hall–Kier alpha value is -1.42. The molecule has 110 valence electrons. The highest BCUT2D eigenvalue weighted by Gasteiger charge is 2.19. The fraction of sp³-hybridized carbons (Fsp3) is 0.353. The van der Waals surface area contributed by atoms with E-state index in [1.807, 2.05) is 36.5 Å². The number of nitrogens with zero attached hydrogens (tertiary/aromatic N) is 1. The molecule has 1 fully saturated rings. The quantitative estimate of drug-likeness (QED) is 0.847. The van der Waals surface area contributed by atoms with Crippen LogP contribution in [-0.2, 0) is 24.5 Å². The Kier molecular flexibility index (Phi) is 4.86. The van der Waals surface area contributed by atoms with E-state index in [4.69, 9.17) is 16.3 Å². The first-order valence-corrected chi connectivity index (χ1v) is 7.67. The van der Waals surface area contributed by atoms with Crippen LogP contribution in [0.3, 0.4) is 0 Å². The molecule has 0 unspecified atom stereocenters. The van der Waals surface area contributed by atoms with Crippen LogP contribution in [0.25, 0.3) is 0 Å². The summed E-state index contributed by atoms with van der Waals surface area (Å²) in [4.78, 5) is 4.44. The van der Waals surface area contributed by atoms with Gasteiger partial charge in [-0.3, -0.25) is 4.98 Å². The molecule has 0 bridgehead atoms. The molecule has 1 N–H and O–H groups in total. The molecule has 1 aliphatic carbocycles. The third-order valence-electron chi connectivity index (χ3n) is 3.49. The van der Waals surface area contributed by atoms with E-state index in [0.29, 0.717) is 13.2 Å². The van der Waals surface area contributed by atoms with Gasteiger partial charge in [0.15, 0.2) is 0 Å². The summed E-state index contributed by atoms with van der Waals surface area (Å²) < 4.78 is 5.67. The molecule has 0 amide bonds. The van der Waals surface area contributed by atoms with Crippen LogP contribution < -0.4 is 5.32 Å². The molecule has 0 radical (unpaired) electrons. The molecule has 21 heavy (non-hydrogen) atoms. The first kappa shape index (κ1) is 14.5. The minimum absolute atomic E-state index is 0.527. The molecular formula is C17H19ClN2O. The van der Waals surface area contributed by atoms with E-state index in [2.05, 4.69) is 16.4 Å². The Morgan fingerprint density at radius 2 is 1.81 bits per heavy atom. The zero-order valence-electron chi connectivity index (χ0n) is 11.9. The molecule has 1 heterocycles. The Morgan fingerprint density at radius 1 is 1.05 bits per heavy atom. The van der Waals surface area contributed by atoms with Crippen LogP contribution in [0.15, 0.2) is 42.6 Å². The molecule has 0 saturated heterocycles. The van der Waals surface area contributed by atoms with Crippen LogP contribution in [-0.4, -0.2) is 11.0 Å². The van der Waals surface area contributed by atoms with Crippen LogP contribution in [0.5, 0.6) is 0 Å². The number of pyridine rings is 1. The maximum atomic E-state index is 5.85. The van der Waals surface area contributed by atoms with Gasteiger partial charge in [-0.2, -0.15) is 0 Å². The summed E-state index contributed by atoms with van der Waals surface area (Å²) in [5, 5.41) is 4.23. The Bertz CT molecular complexity index is 564. The lowest BCUT2D eigenvalue weighted by molar-refractivity contribution is 0.104. The number of halogens is 1. The van der Waals surface area contributed by atoms with E-state index in [1.54, 1.807) is 0 Å². The number of aromatic nitrogens is 1. The molecule has 1 aliphatic rings. The van der Waals surface area contributed by atoms with Crippen molar-refractivity contribution < 1.29 is 4.74 Å². The largest absolute Gasteiger partial charge is 0.370 e. The van der Waals surface area contributed by atoms with Gasteiger partial charge in [0, 0.05) is 23.8 Å². The van der Waals surface area contributed by atoms with Crippen molar-refractivity contribution >= 4 is 11.6 Å². The van der Waals surface area contributed by atoms with Crippen molar-refractivity contribution in [1.29, 1.82) is 0 Å². The van der Waals surface area contributed by atoms with Gasteiger partial charge in [-0.1, -0.05) is 29.8 Å². The zero-order chi connectivity index (χ0) is 14.5. The van der Waals surface area contributed by atoms with Crippen molar-refractivity contribution in [2.45, 2.75) is 38.6 Å². The summed E-state index contributed by atoms with van der Waals surface area (Å²) in [6.07, 6.45) is 4.55. The number of rotatable bonds is 7. The van der Waals surface area contributed by atoms with Crippen molar-refractivity contribution in [2.75, 3.05) is 0 Å². The normalized spacial score (nSPS) is 14.3. The summed E-state index contributed by atoms with van der Waals surface area (Å²) in [5.74, 6) is 0. The Labute approximate surface area is 130 Å². The van der Waals surface area contributed by atoms with Gasteiger partial charge in [0.25, 0.3) is 0 Å². The van der Waals surface area contributed by atoms with E-state index in [9.17, 15) is 0 Å². The van der Waals surface area contributed by atoms with Crippen LogP contribution in [0, 0.1) is 0 Å². The van der Waals surface area contributed by atoms with Gasteiger partial charge in [-0.25, -0.2) is 0 Å². The standard InChI is InChI=1S/C17H19ClN2O/c18-15-4-1-13(2-5-15)11-21-12-17-6-3-14(10-20-17)9-19-16-7-8-16/h1-6,10,16,19H,7-9,11-12H2. The smallest absolute Gasteiger partial charge is 0.0892 e. The lowest BCUT2D eigenvalue weighted by atomic mass is 10.2. The molecule has 1 aromatic heterocycles. The highest BCUT2D eigenvalue weighted by Crippen LogP contribution is 2.19. The third kappa shape index (κ3) is 4.81. The second kappa shape index (κ2) is 7.03. The number of nitrogens with one attached hydrogen (secondary N) is 1. The van der Waals surface area contributed by atoms with Gasteiger partial charge >= 0.3 is 0 Å². The van der Waals surface area contributed by atoms with Gasteiger partial charge in [-0.05, 0) is 42.2 Å². The highest BCUT2D eigenvalue weighted by molar-refractivity contribution is 6.30. The van der Waals surface area contributed by atoms with Crippen molar-refractivity contribution in [1.82, 2.24) is 10.3 Å². The molecule has 0 atom stereocenters. The number of hydrogen-bond donors (Lipinski definition) is 1. The summed E-state index contributed by atoms with van der Waals surface area (Å²) in [7, 11) is 0. The molecule has 4 heteroatoms. The first-order valence-electron chi connectivity index (χ1n) is 7.29. The minimum Gasteiger partial charge on any atom is -0.370 e. The molecule has 3 nitrogen and oxygen atoms in total. The SMILES string of the molecule is Clc1ccc(COCc2ccc(CNC3CC3)cn2)cc1. The molecule has 1 aromatic carbocycles. The monoisotopic (exact) mass is 302 g/mol. The van der Waals surface area contributed by atoms with Crippen LogP contribution in [0.1, 0.15) is 29.7 Å². The molecule has 2 aromatic rings. The average Bonchev–Trinajstić information content (AvgIpc) is 3.33. The highest BCUT2D eigenvalue weighted by atomic mass is 35.5. The minimum atomic E-state index is 0.527. The molecule has 1 saturated carbocycles. The topological polar surface area (TPSA) is 34.1 Å². The van der Waals surface area contributed by atoms with Crippen molar-refractivity contribution in [3.05, 3.63) is 64.4 Å².